The largest absolute Gasteiger partial charge is 0.479 e. The molecule has 1 aromatic heterocycles. The summed E-state index contributed by atoms with van der Waals surface area (Å²) in [5.41, 5.74) is 1.72. The molecule has 2 aromatic rings. The van der Waals surface area contributed by atoms with Crippen molar-refractivity contribution in [3.05, 3.63) is 30.1 Å². The Bertz CT molecular complexity index is 701. The second-order valence-electron chi connectivity index (χ2n) is 4.90. The van der Waals surface area contributed by atoms with Gasteiger partial charge in [0, 0.05) is 7.11 Å². The van der Waals surface area contributed by atoms with Gasteiger partial charge >= 0.3 is 5.97 Å². The van der Waals surface area contributed by atoms with Crippen molar-refractivity contribution in [2.24, 2.45) is 0 Å². The highest BCUT2D eigenvalue weighted by Gasteiger charge is 2.18. The van der Waals surface area contributed by atoms with E-state index in [0.29, 0.717) is 5.75 Å². The molecule has 23 heavy (non-hydrogen) atoms. The van der Waals surface area contributed by atoms with Crippen LogP contribution in [-0.4, -0.2) is 52.5 Å². The molecule has 8 heteroatoms. The number of carbonyl (C=O) groups is 2. The molecule has 1 unspecified atom stereocenters. The lowest BCUT2D eigenvalue weighted by Gasteiger charge is -2.13. The fraction of sp³-hybridized carbons (Fsp3) is 0.400. The number of thioether (sulfide) groups is 1. The number of carboxylic acids is 1. The molecule has 0 saturated heterocycles. The lowest BCUT2D eigenvalue weighted by molar-refractivity contribution is -0.148. The van der Waals surface area contributed by atoms with Crippen molar-refractivity contribution in [1.29, 1.82) is 0 Å². The molecule has 0 aliphatic carbocycles. The minimum Gasteiger partial charge on any atom is -0.479 e. The Morgan fingerprint density at radius 3 is 2.83 bits per heavy atom. The van der Waals surface area contributed by atoms with Crippen LogP contribution in [0.4, 0.5) is 0 Å². The monoisotopic (exact) mass is 337 g/mol. The van der Waals surface area contributed by atoms with Crippen molar-refractivity contribution in [3.63, 3.8) is 0 Å². The van der Waals surface area contributed by atoms with Gasteiger partial charge in [-0.25, -0.2) is 9.78 Å². The number of aromatic nitrogens is 2. The van der Waals surface area contributed by atoms with Crippen LogP contribution in [0.25, 0.3) is 11.0 Å². The van der Waals surface area contributed by atoms with Gasteiger partial charge in [0.25, 0.3) is 0 Å². The second kappa shape index (κ2) is 7.98. The van der Waals surface area contributed by atoms with Gasteiger partial charge in [-0.05, 0) is 18.4 Å². The van der Waals surface area contributed by atoms with Gasteiger partial charge in [0.15, 0.2) is 6.10 Å². The van der Waals surface area contributed by atoms with Crippen molar-refractivity contribution in [1.82, 2.24) is 14.9 Å². The zero-order valence-corrected chi connectivity index (χ0v) is 13.8. The highest BCUT2D eigenvalue weighted by molar-refractivity contribution is 7.97. The number of ether oxygens (including phenoxy) is 1. The summed E-state index contributed by atoms with van der Waals surface area (Å²) >= 11 is 1.62. The minimum atomic E-state index is -1.11. The Kier molecular flexibility index (Phi) is 6.00. The first-order valence-electron chi connectivity index (χ1n) is 7.02. The van der Waals surface area contributed by atoms with E-state index in [-0.39, 0.29) is 19.0 Å². The van der Waals surface area contributed by atoms with Gasteiger partial charge in [-0.2, -0.15) is 11.8 Å². The SMILES string of the molecule is COC(CNC(=O)Cn1c(CSC)nc2ccccc21)C(=O)O. The van der Waals surface area contributed by atoms with Crippen LogP contribution < -0.4 is 5.32 Å². The summed E-state index contributed by atoms with van der Waals surface area (Å²) in [5.74, 6) is 0.121. The number of carboxylic acid groups (broad SMARTS) is 1. The Labute approximate surface area is 138 Å². The number of imidazole rings is 1. The molecular weight excluding hydrogens is 318 g/mol. The van der Waals surface area contributed by atoms with Crippen LogP contribution in [0.5, 0.6) is 0 Å². The van der Waals surface area contributed by atoms with Crippen LogP contribution in [0, 0.1) is 0 Å². The Balaban J connectivity index is 2.12. The summed E-state index contributed by atoms with van der Waals surface area (Å²) in [5, 5.41) is 11.5. The zero-order chi connectivity index (χ0) is 16.8. The van der Waals surface area contributed by atoms with Gasteiger partial charge < -0.3 is 19.7 Å². The third-order valence-electron chi connectivity index (χ3n) is 3.35. The van der Waals surface area contributed by atoms with E-state index in [9.17, 15) is 9.59 Å². The summed E-state index contributed by atoms with van der Waals surface area (Å²) in [4.78, 5) is 27.6. The maximum atomic E-state index is 12.1. The third-order valence-corrected chi connectivity index (χ3v) is 3.90. The molecule has 0 aliphatic rings. The average Bonchev–Trinajstić information content (AvgIpc) is 2.86. The number of hydrogen-bond acceptors (Lipinski definition) is 5. The van der Waals surface area contributed by atoms with E-state index in [1.165, 1.54) is 7.11 Å². The Morgan fingerprint density at radius 2 is 2.17 bits per heavy atom. The molecule has 0 bridgehead atoms. The molecule has 0 spiro atoms. The zero-order valence-electron chi connectivity index (χ0n) is 13.0. The number of rotatable bonds is 8. The molecule has 1 aromatic carbocycles. The smallest absolute Gasteiger partial charge is 0.334 e. The summed E-state index contributed by atoms with van der Waals surface area (Å²) in [7, 11) is 1.30. The maximum absolute atomic E-state index is 12.1. The van der Waals surface area contributed by atoms with E-state index >= 15 is 0 Å². The molecule has 7 nitrogen and oxygen atoms in total. The lowest BCUT2D eigenvalue weighted by Crippen LogP contribution is -2.39. The standard InChI is InChI=1S/C15H19N3O4S/c1-22-12(15(20)21)7-16-14(19)8-18-11-6-4-3-5-10(11)17-13(18)9-23-2/h3-6,12H,7-9H2,1-2H3,(H,16,19)(H,20,21). The van der Waals surface area contributed by atoms with Crippen molar-refractivity contribution >= 4 is 34.7 Å². The van der Waals surface area contributed by atoms with E-state index in [1.54, 1.807) is 11.8 Å². The summed E-state index contributed by atoms with van der Waals surface area (Å²) < 4.78 is 6.64. The Morgan fingerprint density at radius 1 is 1.43 bits per heavy atom. The number of methoxy groups -OCH3 is 1. The van der Waals surface area contributed by atoms with Crippen LogP contribution >= 0.6 is 11.8 Å². The molecule has 124 valence electrons. The molecule has 0 aliphatic heterocycles. The topological polar surface area (TPSA) is 93.5 Å². The lowest BCUT2D eigenvalue weighted by atomic mass is 10.3. The number of carbonyl (C=O) groups excluding carboxylic acids is 1. The minimum absolute atomic E-state index is 0.0742. The molecule has 1 amide bonds. The number of fused-ring (bicyclic) bond motifs is 1. The number of nitrogens with one attached hydrogen (secondary N) is 1. The molecule has 1 heterocycles. The number of hydrogen-bond donors (Lipinski definition) is 2. The quantitative estimate of drug-likeness (QED) is 0.750. The first-order valence-corrected chi connectivity index (χ1v) is 8.41. The van der Waals surface area contributed by atoms with E-state index in [0.717, 1.165) is 16.9 Å². The van der Waals surface area contributed by atoms with Gasteiger partial charge in [-0.15, -0.1) is 0 Å². The van der Waals surface area contributed by atoms with Gasteiger partial charge in [0.2, 0.25) is 5.91 Å². The summed E-state index contributed by atoms with van der Waals surface area (Å²) in [6, 6.07) is 7.61. The average molecular weight is 337 g/mol. The normalized spacial score (nSPS) is 12.3. The summed E-state index contributed by atoms with van der Waals surface area (Å²) in [6.07, 6.45) is 0.920. The third kappa shape index (κ3) is 4.23. The molecule has 0 radical (unpaired) electrons. The van der Waals surface area contributed by atoms with Crippen LogP contribution in [-0.2, 0) is 26.6 Å². The van der Waals surface area contributed by atoms with Crippen LogP contribution in [0.1, 0.15) is 5.82 Å². The predicted octanol–water partition coefficient (Wildman–Crippen LogP) is 1.12. The van der Waals surface area contributed by atoms with E-state index < -0.39 is 12.1 Å². The van der Waals surface area contributed by atoms with Gasteiger partial charge in [0.1, 0.15) is 12.4 Å². The predicted molar refractivity (Wildman–Crippen MR) is 88.4 cm³/mol. The van der Waals surface area contributed by atoms with Gasteiger partial charge in [-0.3, -0.25) is 4.79 Å². The van der Waals surface area contributed by atoms with Gasteiger partial charge in [-0.1, -0.05) is 12.1 Å². The fourth-order valence-corrected chi connectivity index (χ4v) is 2.70. The van der Waals surface area contributed by atoms with E-state index in [4.69, 9.17) is 9.84 Å². The second-order valence-corrected chi connectivity index (χ2v) is 5.77. The number of para-hydroxylation sites is 2. The van der Waals surface area contributed by atoms with Gasteiger partial charge in [0.05, 0.1) is 23.3 Å². The molecule has 2 N–H and O–H groups in total. The molecule has 0 fully saturated rings. The first-order chi connectivity index (χ1) is 11.1. The van der Waals surface area contributed by atoms with Crippen LogP contribution in [0.3, 0.4) is 0 Å². The molecule has 0 saturated carbocycles. The summed E-state index contributed by atoms with van der Waals surface area (Å²) in [6.45, 7) is 0.0155. The van der Waals surface area contributed by atoms with Crippen molar-refractivity contribution < 1.29 is 19.4 Å². The highest BCUT2D eigenvalue weighted by Crippen LogP contribution is 2.18. The molecule has 2 rings (SSSR count). The van der Waals surface area contributed by atoms with Crippen LogP contribution in [0.15, 0.2) is 24.3 Å². The van der Waals surface area contributed by atoms with Crippen molar-refractivity contribution in [2.75, 3.05) is 19.9 Å². The highest BCUT2D eigenvalue weighted by atomic mass is 32.2. The number of aliphatic carboxylic acids is 1. The van der Waals surface area contributed by atoms with E-state index in [1.807, 2.05) is 35.1 Å². The number of amides is 1. The maximum Gasteiger partial charge on any atom is 0.334 e. The Hall–Kier alpha value is -2.06. The molecular formula is C15H19N3O4S. The van der Waals surface area contributed by atoms with Crippen LogP contribution in [0.2, 0.25) is 0 Å². The van der Waals surface area contributed by atoms with Crippen molar-refractivity contribution in [2.45, 2.75) is 18.4 Å². The van der Waals surface area contributed by atoms with Crippen molar-refractivity contribution in [3.8, 4) is 0 Å². The number of nitrogens with zero attached hydrogens (tertiary/aromatic N) is 2. The first kappa shape index (κ1) is 17.3. The number of benzene rings is 1. The van der Waals surface area contributed by atoms with E-state index in [2.05, 4.69) is 10.3 Å². The molecule has 1 atom stereocenters. The fourth-order valence-electron chi connectivity index (χ4n) is 2.22.